The summed E-state index contributed by atoms with van der Waals surface area (Å²) in [6.07, 6.45) is -5.03. The molecule has 4 nitrogen and oxygen atoms in total. The molecular weight excluding hydrogens is 323 g/mol. The molecule has 2 rings (SSSR count). The molecule has 0 atom stereocenters. The highest BCUT2D eigenvalue weighted by molar-refractivity contribution is 5.97. The Morgan fingerprint density at radius 2 is 1.62 bits per heavy atom. The number of halogens is 3. The van der Waals surface area contributed by atoms with Gasteiger partial charge in [-0.15, -0.1) is 0 Å². The molecule has 0 unspecified atom stereocenters. The van der Waals surface area contributed by atoms with E-state index >= 15 is 0 Å². The predicted molar refractivity (Wildman–Crippen MR) is 81.8 cm³/mol. The number of hydrogen-bond acceptors (Lipinski definition) is 2. The van der Waals surface area contributed by atoms with Gasteiger partial charge in [0.1, 0.15) is 0 Å². The number of aryl methyl sites for hydroxylation is 1. The van der Waals surface area contributed by atoms with Gasteiger partial charge >= 0.3 is 18.1 Å². The van der Waals surface area contributed by atoms with Crippen molar-refractivity contribution in [3.63, 3.8) is 0 Å². The molecule has 0 aliphatic rings. The second kappa shape index (κ2) is 6.74. The Morgan fingerprint density at radius 3 is 2.12 bits per heavy atom. The Kier molecular flexibility index (Phi) is 4.92. The van der Waals surface area contributed by atoms with Crippen LogP contribution in [0.15, 0.2) is 48.5 Å². The number of hydrogen-bond donors (Lipinski definition) is 1. The lowest BCUT2D eigenvalue weighted by Crippen LogP contribution is -2.41. The third kappa shape index (κ3) is 3.92. The van der Waals surface area contributed by atoms with E-state index in [4.69, 9.17) is 5.11 Å². The van der Waals surface area contributed by atoms with Crippen LogP contribution < -0.4 is 4.90 Å². The average molecular weight is 337 g/mol. The average Bonchev–Trinajstić information content (AvgIpc) is 2.53. The molecule has 0 aromatic heterocycles. The van der Waals surface area contributed by atoms with Crippen LogP contribution in [0.2, 0.25) is 0 Å². The normalized spacial score (nSPS) is 11.2. The number of carboxylic acids is 1. The van der Waals surface area contributed by atoms with E-state index < -0.39 is 18.1 Å². The molecule has 126 valence electrons. The Bertz CT molecular complexity index is 754. The molecule has 0 fully saturated rings. The van der Waals surface area contributed by atoms with Crippen LogP contribution in [0.3, 0.4) is 0 Å². The van der Waals surface area contributed by atoms with Crippen LogP contribution in [0.1, 0.15) is 21.5 Å². The summed E-state index contributed by atoms with van der Waals surface area (Å²) in [5.41, 5.74) is 1.22. The van der Waals surface area contributed by atoms with E-state index in [0.717, 1.165) is 17.7 Å². The fourth-order valence-corrected chi connectivity index (χ4v) is 2.18. The van der Waals surface area contributed by atoms with Crippen LogP contribution in [0.5, 0.6) is 0 Å². The molecule has 2 aromatic rings. The van der Waals surface area contributed by atoms with Crippen molar-refractivity contribution in [1.82, 2.24) is 0 Å². The summed E-state index contributed by atoms with van der Waals surface area (Å²) in [6, 6.07) is 11.5. The van der Waals surface area contributed by atoms with E-state index in [1.54, 1.807) is 31.2 Å². The number of amides is 1. The lowest BCUT2D eigenvalue weighted by atomic mass is 10.1. The largest absolute Gasteiger partial charge is 0.478 e. The maximum Gasteiger partial charge on any atom is 0.471 e. The summed E-state index contributed by atoms with van der Waals surface area (Å²) in [5.74, 6) is -3.21. The van der Waals surface area contributed by atoms with Crippen molar-refractivity contribution in [2.75, 3.05) is 4.90 Å². The summed E-state index contributed by atoms with van der Waals surface area (Å²) in [7, 11) is 0. The number of carboxylic acid groups (broad SMARTS) is 1. The first-order chi connectivity index (χ1) is 11.2. The van der Waals surface area contributed by atoms with Crippen molar-refractivity contribution in [1.29, 1.82) is 0 Å². The highest BCUT2D eigenvalue weighted by Crippen LogP contribution is 2.26. The number of rotatable bonds is 4. The minimum Gasteiger partial charge on any atom is -0.478 e. The highest BCUT2D eigenvalue weighted by atomic mass is 19.4. The summed E-state index contributed by atoms with van der Waals surface area (Å²) < 4.78 is 38.7. The fraction of sp³-hybridized carbons (Fsp3) is 0.176. The van der Waals surface area contributed by atoms with E-state index in [1.165, 1.54) is 12.1 Å². The van der Waals surface area contributed by atoms with Gasteiger partial charge in [0.2, 0.25) is 0 Å². The number of carbonyl (C=O) groups excluding carboxylic acids is 1. The van der Waals surface area contributed by atoms with E-state index in [-0.39, 0.29) is 17.8 Å². The summed E-state index contributed by atoms with van der Waals surface area (Å²) in [5, 5.41) is 8.86. The quantitative estimate of drug-likeness (QED) is 0.923. The van der Waals surface area contributed by atoms with Crippen molar-refractivity contribution < 1.29 is 27.9 Å². The lowest BCUT2D eigenvalue weighted by molar-refractivity contribution is -0.170. The zero-order valence-corrected chi connectivity index (χ0v) is 12.7. The molecule has 24 heavy (non-hydrogen) atoms. The molecule has 0 heterocycles. The number of benzene rings is 2. The van der Waals surface area contributed by atoms with Gasteiger partial charge in [-0.1, -0.05) is 24.3 Å². The second-order valence-electron chi connectivity index (χ2n) is 5.17. The molecule has 0 radical (unpaired) electrons. The predicted octanol–water partition coefficient (Wildman–Crippen LogP) is 3.79. The zero-order chi connectivity index (χ0) is 17.9. The molecule has 1 amide bonds. The lowest BCUT2D eigenvalue weighted by Gasteiger charge is -2.25. The third-order valence-electron chi connectivity index (χ3n) is 3.50. The smallest absolute Gasteiger partial charge is 0.471 e. The van der Waals surface area contributed by atoms with Crippen LogP contribution >= 0.6 is 0 Å². The van der Waals surface area contributed by atoms with Gasteiger partial charge in [0, 0.05) is 5.69 Å². The van der Waals surface area contributed by atoms with Crippen molar-refractivity contribution in [2.45, 2.75) is 19.6 Å². The van der Waals surface area contributed by atoms with Crippen LogP contribution in [-0.4, -0.2) is 23.2 Å². The van der Waals surface area contributed by atoms with Gasteiger partial charge in [-0.05, 0) is 42.3 Å². The monoisotopic (exact) mass is 337 g/mol. The fourth-order valence-electron chi connectivity index (χ4n) is 2.18. The molecular formula is C17H14F3NO3. The van der Waals surface area contributed by atoms with Crippen molar-refractivity contribution in [3.8, 4) is 0 Å². The molecule has 0 aliphatic carbocycles. The van der Waals surface area contributed by atoms with Gasteiger partial charge in [0.25, 0.3) is 0 Å². The topological polar surface area (TPSA) is 57.6 Å². The molecule has 7 heteroatoms. The van der Waals surface area contributed by atoms with Crippen molar-refractivity contribution in [2.24, 2.45) is 0 Å². The van der Waals surface area contributed by atoms with Gasteiger partial charge in [-0.3, -0.25) is 4.79 Å². The van der Waals surface area contributed by atoms with Crippen LogP contribution in [0.25, 0.3) is 0 Å². The van der Waals surface area contributed by atoms with Crippen molar-refractivity contribution in [3.05, 3.63) is 65.2 Å². The van der Waals surface area contributed by atoms with Crippen LogP contribution in [0.4, 0.5) is 18.9 Å². The summed E-state index contributed by atoms with van der Waals surface area (Å²) in [4.78, 5) is 23.2. The van der Waals surface area contributed by atoms with Gasteiger partial charge in [0.15, 0.2) is 0 Å². The molecule has 0 saturated carbocycles. The number of nitrogens with zero attached hydrogens (tertiary/aromatic N) is 1. The van der Waals surface area contributed by atoms with Crippen LogP contribution in [0, 0.1) is 6.92 Å². The number of carbonyl (C=O) groups is 2. The van der Waals surface area contributed by atoms with Gasteiger partial charge in [-0.25, -0.2) is 4.79 Å². The maximum absolute atomic E-state index is 12.9. The minimum atomic E-state index is -5.03. The first kappa shape index (κ1) is 17.5. The first-order valence-corrected chi connectivity index (χ1v) is 6.96. The molecule has 0 bridgehead atoms. The molecule has 0 spiro atoms. The van der Waals surface area contributed by atoms with Gasteiger partial charge < -0.3 is 10.0 Å². The van der Waals surface area contributed by atoms with E-state index in [1.807, 2.05) is 0 Å². The Morgan fingerprint density at radius 1 is 1.04 bits per heavy atom. The molecule has 0 saturated heterocycles. The highest BCUT2D eigenvalue weighted by Gasteiger charge is 2.43. The minimum absolute atomic E-state index is 0.0226. The van der Waals surface area contributed by atoms with E-state index in [2.05, 4.69) is 0 Å². The molecule has 0 aliphatic heterocycles. The van der Waals surface area contributed by atoms with Gasteiger partial charge in [0.05, 0.1) is 12.1 Å². The van der Waals surface area contributed by atoms with E-state index in [9.17, 15) is 22.8 Å². The SMILES string of the molecule is Cc1ccccc1CN(C(=O)C(F)(F)F)c1ccc(C(=O)O)cc1. The standard InChI is InChI=1S/C17H14F3NO3/c1-11-4-2-3-5-13(11)10-21(16(24)17(18,19)20)14-8-6-12(7-9-14)15(22)23/h2-9H,10H2,1H3,(H,22,23). The Balaban J connectivity index is 2.41. The number of aromatic carboxylic acids is 1. The molecule has 1 N–H and O–H groups in total. The maximum atomic E-state index is 12.9. The van der Waals surface area contributed by atoms with Gasteiger partial charge in [-0.2, -0.15) is 13.2 Å². The zero-order valence-electron chi connectivity index (χ0n) is 12.7. The number of anilines is 1. The van der Waals surface area contributed by atoms with Crippen molar-refractivity contribution >= 4 is 17.6 Å². The molecule has 2 aromatic carbocycles. The summed E-state index contributed by atoms with van der Waals surface area (Å²) in [6.45, 7) is 1.47. The third-order valence-corrected chi connectivity index (χ3v) is 3.50. The Labute approximate surface area is 136 Å². The van der Waals surface area contributed by atoms with Crippen LogP contribution in [-0.2, 0) is 11.3 Å². The number of alkyl halides is 3. The van der Waals surface area contributed by atoms with E-state index in [0.29, 0.717) is 10.5 Å². The second-order valence-corrected chi connectivity index (χ2v) is 5.17. The first-order valence-electron chi connectivity index (χ1n) is 6.96. The summed E-state index contributed by atoms with van der Waals surface area (Å²) >= 11 is 0. The Hall–Kier alpha value is -2.83.